The van der Waals surface area contributed by atoms with Crippen LogP contribution in [-0.2, 0) is 9.63 Å². The molecule has 0 bridgehead atoms. The van der Waals surface area contributed by atoms with E-state index in [0.717, 1.165) is 0 Å². The number of carbonyl (C=O) groups is 1. The summed E-state index contributed by atoms with van der Waals surface area (Å²) >= 11 is 5.85. The molecule has 0 spiro atoms. The van der Waals surface area contributed by atoms with Gasteiger partial charge in [0, 0.05) is 12.4 Å². The standard InChI is InChI=1S/C8H8ClN3O2/c9-5-3-10-2-1-6(5)11-7-4-14-12-8(7)13/h1-3,7H,4H2,(H,10,11)(H,12,13). The van der Waals surface area contributed by atoms with E-state index in [4.69, 9.17) is 16.4 Å². The second-order valence-electron chi connectivity index (χ2n) is 2.83. The number of hydrogen-bond acceptors (Lipinski definition) is 4. The SMILES string of the molecule is O=C1NOCC1Nc1ccncc1Cl. The molecule has 1 saturated heterocycles. The summed E-state index contributed by atoms with van der Waals surface area (Å²) < 4.78 is 0. The highest BCUT2D eigenvalue weighted by atomic mass is 35.5. The van der Waals surface area contributed by atoms with Gasteiger partial charge in [-0.1, -0.05) is 11.6 Å². The largest absolute Gasteiger partial charge is 0.370 e. The molecular formula is C8H8ClN3O2. The van der Waals surface area contributed by atoms with Gasteiger partial charge in [-0.05, 0) is 6.07 Å². The van der Waals surface area contributed by atoms with Crippen LogP contribution in [0, 0.1) is 0 Å². The van der Waals surface area contributed by atoms with Crippen molar-refractivity contribution < 1.29 is 9.63 Å². The van der Waals surface area contributed by atoms with Gasteiger partial charge in [-0.2, -0.15) is 0 Å². The number of halogens is 1. The molecule has 1 amide bonds. The predicted molar refractivity (Wildman–Crippen MR) is 50.8 cm³/mol. The van der Waals surface area contributed by atoms with E-state index < -0.39 is 6.04 Å². The highest BCUT2D eigenvalue weighted by Gasteiger charge is 2.25. The monoisotopic (exact) mass is 213 g/mol. The number of nitrogens with one attached hydrogen (secondary N) is 2. The lowest BCUT2D eigenvalue weighted by Crippen LogP contribution is -2.30. The van der Waals surface area contributed by atoms with Gasteiger partial charge in [0.25, 0.3) is 5.91 Å². The van der Waals surface area contributed by atoms with Crippen LogP contribution in [-0.4, -0.2) is 23.5 Å². The van der Waals surface area contributed by atoms with Crippen molar-refractivity contribution in [2.45, 2.75) is 6.04 Å². The van der Waals surface area contributed by atoms with Crippen molar-refractivity contribution in [2.75, 3.05) is 11.9 Å². The third-order valence-electron chi connectivity index (χ3n) is 1.84. The second-order valence-corrected chi connectivity index (χ2v) is 3.24. The van der Waals surface area contributed by atoms with Gasteiger partial charge in [-0.25, -0.2) is 5.48 Å². The molecule has 14 heavy (non-hydrogen) atoms. The van der Waals surface area contributed by atoms with Crippen LogP contribution in [0.15, 0.2) is 18.5 Å². The second kappa shape index (κ2) is 3.81. The molecule has 2 heterocycles. The number of carbonyl (C=O) groups excluding carboxylic acids is 1. The van der Waals surface area contributed by atoms with E-state index in [-0.39, 0.29) is 12.5 Å². The van der Waals surface area contributed by atoms with E-state index in [2.05, 4.69) is 15.8 Å². The summed E-state index contributed by atoms with van der Waals surface area (Å²) in [5, 5.41) is 3.43. The highest BCUT2D eigenvalue weighted by molar-refractivity contribution is 6.33. The zero-order valence-corrected chi connectivity index (χ0v) is 7.91. The lowest BCUT2D eigenvalue weighted by Gasteiger charge is -2.10. The summed E-state index contributed by atoms with van der Waals surface area (Å²) in [7, 11) is 0. The van der Waals surface area contributed by atoms with Gasteiger partial charge < -0.3 is 5.32 Å². The number of aromatic nitrogens is 1. The fourth-order valence-corrected chi connectivity index (χ4v) is 1.30. The third kappa shape index (κ3) is 1.78. The molecule has 0 saturated carbocycles. The average Bonchev–Trinajstić information content (AvgIpc) is 2.56. The van der Waals surface area contributed by atoms with Crippen LogP contribution >= 0.6 is 11.6 Å². The van der Waals surface area contributed by atoms with Crippen molar-refractivity contribution in [3.05, 3.63) is 23.5 Å². The quantitative estimate of drug-likeness (QED) is 0.754. The van der Waals surface area contributed by atoms with Gasteiger partial charge in [0.2, 0.25) is 0 Å². The van der Waals surface area contributed by atoms with Crippen molar-refractivity contribution in [3.8, 4) is 0 Å². The van der Waals surface area contributed by atoms with Crippen LogP contribution in [0.2, 0.25) is 5.02 Å². The van der Waals surface area contributed by atoms with E-state index >= 15 is 0 Å². The Bertz CT molecular complexity index is 358. The van der Waals surface area contributed by atoms with E-state index in [1.807, 2.05) is 0 Å². The van der Waals surface area contributed by atoms with Crippen LogP contribution < -0.4 is 10.8 Å². The van der Waals surface area contributed by atoms with Crippen LogP contribution in [0.4, 0.5) is 5.69 Å². The maximum absolute atomic E-state index is 11.1. The molecule has 1 atom stereocenters. The molecular weight excluding hydrogens is 206 g/mol. The van der Waals surface area contributed by atoms with E-state index in [1.54, 1.807) is 12.3 Å². The zero-order chi connectivity index (χ0) is 9.97. The molecule has 2 rings (SSSR count). The molecule has 1 unspecified atom stereocenters. The first kappa shape index (κ1) is 9.23. The maximum Gasteiger partial charge on any atom is 0.268 e. The Morgan fingerprint density at radius 1 is 1.71 bits per heavy atom. The summed E-state index contributed by atoms with van der Waals surface area (Å²) in [6, 6.07) is 1.31. The topological polar surface area (TPSA) is 63.2 Å². The summed E-state index contributed by atoms with van der Waals surface area (Å²) in [6.45, 7) is 0.289. The number of anilines is 1. The smallest absolute Gasteiger partial charge is 0.268 e. The molecule has 5 nitrogen and oxygen atoms in total. The third-order valence-corrected chi connectivity index (χ3v) is 2.14. The van der Waals surface area contributed by atoms with Crippen LogP contribution in [0.1, 0.15) is 0 Å². The van der Waals surface area contributed by atoms with Crippen molar-refractivity contribution in [3.63, 3.8) is 0 Å². The van der Waals surface area contributed by atoms with Crippen molar-refractivity contribution in [2.24, 2.45) is 0 Å². The molecule has 0 aromatic carbocycles. The van der Waals surface area contributed by atoms with Crippen LogP contribution in [0.25, 0.3) is 0 Å². The predicted octanol–water partition coefficient (Wildman–Crippen LogP) is 0.577. The molecule has 0 aliphatic carbocycles. The van der Waals surface area contributed by atoms with E-state index in [0.29, 0.717) is 10.7 Å². The zero-order valence-electron chi connectivity index (χ0n) is 7.16. The number of hydroxylamine groups is 1. The Labute approximate surface area is 85.4 Å². The number of hydrogen-bond donors (Lipinski definition) is 2. The van der Waals surface area contributed by atoms with Crippen molar-refractivity contribution in [1.82, 2.24) is 10.5 Å². The fraction of sp³-hybridized carbons (Fsp3) is 0.250. The Kier molecular flexibility index (Phi) is 2.51. The minimum absolute atomic E-state index is 0.196. The van der Waals surface area contributed by atoms with Gasteiger partial charge in [0.1, 0.15) is 12.6 Å². The molecule has 1 aromatic heterocycles. The Balaban J connectivity index is 2.10. The first-order chi connectivity index (χ1) is 6.77. The normalized spacial score (nSPS) is 20.6. The maximum atomic E-state index is 11.1. The molecule has 6 heteroatoms. The van der Waals surface area contributed by atoms with Gasteiger partial charge in [-0.3, -0.25) is 14.6 Å². The average molecular weight is 214 g/mol. The molecule has 2 N–H and O–H groups in total. The minimum atomic E-state index is -0.394. The summed E-state index contributed by atoms with van der Waals surface area (Å²) in [5.41, 5.74) is 2.92. The Morgan fingerprint density at radius 3 is 3.21 bits per heavy atom. The lowest BCUT2D eigenvalue weighted by atomic mass is 10.3. The minimum Gasteiger partial charge on any atom is -0.370 e. The first-order valence-corrected chi connectivity index (χ1v) is 4.43. The lowest BCUT2D eigenvalue weighted by molar-refractivity contribution is -0.124. The molecule has 1 aliphatic heterocycles. The summed E-state index contributed by atoms with van der Waals surface area (Å²) in [5.74, 6) is -0.196. The van der Waals surface area contributed by atoms with Gasteiger partial charge in [0.05, 0.1) is 10.7 Å². The number of nitrogens with zero attached hydrogens (tertiary/aromatic N) is 1. The first-order valence-electron chi connectivity index (χ1n) is 4.05. The van der Waals surface area contributed by atoms with E-state index in [9.17, 15) is 4.79 Å². The molecule has 1 aliphatic rings. The molecule has 74 valence electrons. The summed E-state index contributed by atoms with van der Waals surface area (Å²) in [6.07, 6.45) is 3.11. The van der Waals surface area contributed by atoms with Crippen molar-refractivity contribution >= 4 is 23.2 Å². The number of rotatable bonds is 2. The van der Waals surface area contributed by atoms with Gasteiger partial charge in [-0.15, -0.1) is 0 Å². The van der Waals surface area contributed by atoms with Crippen LogP contribution in [0.3, 0.4) is 0 Å². The number of pyridine rings is 1. The Hall–Kier alpha value is -1.33. The molecule has 1 fully saturated rings. The number of amides is 1. The highest BCUT2D eigenvalue weighted by Crippen LogP contribution is 2.20. The van der Waals surface area contributed by atoms with Gasteiger partial charge >= 0.3 is 0 Å². The summed E-state index contributed by atoms with van der Waals surface area (Å²) in [4.78, 5) is 19.7. The van der Waals surface area contributed by atoms with Crippen LogP contribution in [0.5, 0.6) is 0 Å². The van der Waals surface area contributed by atoms with Crippen molar-refractivity contribution in [1.29, 1.82) is 0 Å². The van der Waals surface area contributed by atoms with Gasteiger partial charge in [0.15, 0.2) is 0 Å². The van der Waals surface area contributed by atoms with E-state index in [1.165, 1.54) is 6.20 Å². The Morgan fingerprint density at radius 2 is 2.57 bits per heavy atom. The molecule has 1 aromatic rings. The molecule has 0 radical (unpaired) electrons. The fourth-order valence-electron chi connectivity index (χ4n) is 1.13.